The molecule has 4 rings (SSSR count). The number of hydrogen-bond acceptors (Lipinski definition) is 3. The Hall–Kier alpha value is -2.91. The molecule has 0 saturated carbocycles. The lowest BCUT2D eigenvalue weighted by molar-refractivity contribution is 0.311. The van der Waals surface area contributed by atoms with Crippen LogP contribution in [0.4, 0.5) is 0 Å². The average Bonchev–Trinajstić information content (AvgIpc) is 2.72. The summed E-state index contributed by atoms with van der Waals surface area (Å²) in [7, 11) is 0. The second-order valence-corrected chi connectivity index (χ2v) is 6.75. The zero-order valence-corrected chi connectivity index (χ0v) is 15.6. The average molecular weight is 375 g/mol. The lowest BCUT2D eigenvalue weighted by Gasteiger charge is -2.09. The zero-order valence-electron chi connectivity index (χ0n) is 14.8. The first-order valence-electron chi connectivity index (χ1n) is 8.97. The van der Waals surface area contributed by atoms with Crippen molar-refractivity contribution in [3.05, 3.63) is 89.7 Å². The van der Waals surface area contributed by atoms with Crippen molar-refractivity contribution in [2.75, 3.05) is 6.61 Å². The molecule has 0 atom stereocenters. The maximum atomic E-state index is 6.46. The number of benzene rings is 2. The van der Waals surface area contributed by atoms with Crippen LogP contribution in [0.2, 0.25) is 5.02 Å². The van der Waals surface area contributed by atoms with E-state index >= 15 is 0 Å². The van der Waals surface area contributed by atoms with Crippen LogP contribution < -0.4 is 4.74 Å². The normalized spacial score (nSPS) is 10.9. The van der Waals surface area contributed by atoms with E-state index in [1.54, 1.807) is 12.4 Å². The maximum Gasteiger partial charge on any atom is 0.121 e. The molecule has 0 saturated heterocycles. The molecular formula is C23H19ClN2O. The van der Waals surface area contributed by atoms with Crippen molar-refractivity contribution in [2.24, 2.45) is 0 Å². The predicted octanol–water partition coefficient (Wildman–Crippen LogP) is 5.96. The van der Waals surface area contributed by atoms with Crippen LogP contribution in [0, 0.1) is 0 Å². The zero-order chi connectivity index (χ0) is 18.5. The lowest BCUT2D eigenvalue weighted by atomic mass is 10.1. The molecule has 0 aliphatic carbocycles. The molecule has 0 N–H and O–H groups in total. The summed E-state index contributed by atoms with van der Waals surface area (Å²) in [5.74, 6) is 0.808. The third-order valence-corrected chi connectivity index (χ3v) is 4.72. The summed E-state index contributed by atoms with van der Waals surface area (Å²) in [6.07, 6.45) is 5.50. The molecule has 2 aromatic carbocycles. The van der Waals surface area contributed by atoms with Crippen LogP contribution >= 0.6 is 11.6 Å². The largest absolute Gasteiger partial charge is 0.494 e. The van der Waals surface area contributed by atoms with Gasteiger partial charge in [-0.15, -0.1) is 0 Å². The van der Waals surface area contributed by atoms with Crippen LogP contribution in [0.1, 0.15) is 12.0 Å². The fourth-order valence-electron chi connectivity index (χ4n) is 3.03. The fourth-order valence-corrected chi connectivity index (χ4v) is 3.29. The van der Waals surface area contributed by atoms with Crippen molar-refractivity contribution >= 4 is 22.5 Å². The quantitative estimate of drug-likeness (QED) is 0.390. The molecule has 4 heteroatoms. The minimum atomic E-state index is 0.663. The smallest absolute Gasteiger partial charge is 0.121 e. The number of fused-ring (bicyclic) bond motifs is 1. The molecule has 0 bridgehead atoms. The third-order valence-electron chi connectivity index (χ3n) is 4.41. The number of ether oxygens (including phenoxy) is 1. The molecule has 0 amide bonds. The number of pyridine rings is 2. The Balaban J connectivity index is 1.49. The summed E-state index contributed by atoms with van der Waals surface area (Å²) >= 11 is 6.46. The maximum absolute atomic E-state index is 6.46. The summed E-state index contributed by atoms with van der Waals surface area (Å²) in [6.45, 7) is 0.663. The van der Waals surface area contributed by atoms with E-state index in [1.807, 2.05) is 42.5 Å². The first-order valence-corrected chi connectivity index (χ1v) is 9.35. The number of rotatable bonds is 6. The number of hydrogen-bond donors (Lipinski definition) is 0. The highest BCUT2D eigenvalue weighted by atomic mass is 35.5. The second kappa shape index (κ2) is 8.19. The van der Waals surface area contributed by atoms with E-state index in [2.05, 4.69) is 29.2 Å². The Morgan fingerprint density at radius 2 is 1.81 bits per heavy atom. The molecule has 4 aromatic rings. The molecule has 0 fully saturated rings. The van der Waals surface area contributed by atoms with Crippen LogP contribution in [-0.4, -0.2) is 16.6 Å². The Morgan fingerprint density at radius 3 is 2.63 bits per heavy atom. The number of halogens is 1. The SMILES string of the molecule is Clc1cc(-c2cccnc2)nc2cc(OCCCc3ccccc3)ccc12. The number of aromatic nitrogens is 2. The molecule has 0 radical (unpaired) electrons. The van der Waals surface area contributed by atoms with Crippen molar-refractivity contribution in [3.63, 3.8) is 0 Å². The van der Waals surface area contributed by atoms with Gasteiger partial charge in [0, 0.05) is 29.4 Å². The summed E-state index contributed by atoms with van der Waals surface area (Å²) in [5, 5.41) is 1.59. The third kappa shape index (κ3) is 4.26. The van der Waals surface area contributed by atoms with Crippen LogP contribution in [0.25, 0.3) is 22.2 Å². The second-order valence-electron chi connectivity index (χ2n) is 6.35. The van der Waals surface area contributed by atoms with Crippen LogP contribution in [-0.2, 0) is 6.42 Å². The lowest BCUT2D eigenvalue weighted by Crippen LogP contribution is -1.99. The Morgan fingerprint density at radius 1 is 0.926 bits per heavy atom. The molecular weight excluding hydrogens is 356 g/mol. The fraction of sp³-hybridized carbons (Fsp3) is 0.130. The predicted molar refractivity (Wildman–Crippen MR) is 110 cm³/mol. The van der Waals surface area contributed by atoms with Crippen molar-refractivity contribution in [1.82, 2.24) is 9.97 Å². The standard InChI is InChI=1S/C23H19ClN2O/c24-21-15-22(18-9-4-12-25-16-18)26-23-14-19(10-11-20(21)23)27-13-5-8-17-6-2-1-3-7-17/h1-4,6-7,9-12,14-16H,5,8,13H2. The van der Waals surface area contributed by atoms with Crippen LogP contribution in [0.5, 0.6) is 5.75 Å². The van der Waals surface area contributed by atoms with E-state index in [-0.39, 0.29) is 0 Å². The Bertz CT molecular complexity index is 1040. The molecule has 134 valence electrons. The molecule has 27 heavy (non-hydrogen) atoms. The summed E-state index contributed by atoms with van der Waals surface area (Å²) in [6, 6.07) is 22.0. The van der Waals surface area contributed by atoms with Gasteiger partial charge in [-0.1, -0.05) is 41.9 Å². The first kappa shape index (κ1) is 17.5. The summed E-state index contributed by atoms with van der Waals surface area (Å²) in [4.78, 5) is 8.89. The van der Waals surface area contributed by atoms with Gasteiger partial charge in [0.05, 0.1) is 22.8 Å². The van der Waals surface area contributed by atoms with E-state index in [9.17, 15) is 0 Å². The van der Waals surface area contributed by atoms with Gasteiger partial charge in [-0.3, -0.25) is 4.98 Å². The topological polar surface area (TPSA) is 35.0 Å². The van der Waals surface area contributed by atoms with Gasteiger partial charge in [-0.05, 0) is 48.7 Å². The Kier molecular flexibility index (Phi) is 5.31. The number of aryl methyl sites for hydroxylation is 1. The molecule has 2 heterocycles. The van der Waals surface area contributed by atoms with Crippen molar-refractivity contribution in [3.8, 4) is 17.0 Å². The van der Waals surface area contributed by atoms with Gasteiger partial charge in [0.2, 0.25) is 0 Å². The van der Waals surface area contributed by atoms with E-state index in [0.29, 0.717) is 11.6 Å². The van der Waals surface area contributed by atoms with Crippen LogP contribution in [0.3, 0.4) is 0 Å². The van der Waals surface area contributed by atoms with Gasteiger partial charge in [-0.2, -0.15) is 0 Å². The molecule has 0 aliphatic heterocycles. The van der Waals surface area contributed by atoms with Crippen molar-refractivity contribution < 1.29 is 4.74 Å². The van der Waals surface area contributed by atoms with Crippen molar-refractivity contribution in [1.29, 1.82) is 0 Å². The highest BCUT2D eigenvalue weighted by molar-refractivity contribution is 6.35. The minimum Gasteiger partial charge on any atom is -0.494 e. The van der Waals surface area contributed by atoms with Gasteiger partial charge in [0.1, 0.15) is 5.75 Å². The monoisotopic (exact) mass is 374 g/mol. The molecule has 0 unspecified atom stereocenters. The highest BCUT2D eigenvalue weighted by Crippen LogP contribution is 2.30. The van der Waals surface area contributed by atoms with Crippen molar-refractivity contribution in [2.45, 2.75) is 12.8 Å². The van der Waals surface area contributed by atoms with Gasteiger partial charge < -0.3 is 4.74 Å². The summed E-state index contributed by atoms with van der Waals surface area (Å²) in [5.41, 5.74) is 3.90. The van der Waals surface area contributed by atoms with Gasteiger partial charge in [-0.25, -0.2) is 4.98 Å². The van der Waals surface area contributed by atoms with E-state index < -0.39 is 0 Å². The van der Waals surface area contributed by atoms with E-state index in [1.165, 1.54) is 5.56 Å². The van der Waals surface area contributed by atoms with Crippen LogP contribution in [0.15, 0.2) is 79.1 Å². The molecule has 2 aromatic heterocycles. The minimum absolute atomic E-state index is 0.663. The number of nitrogens with zero attached hydrogens (tertiary/aromatic N) is 2. The summed E-state index contributed by atoms with van der Waals surface area (Å²) < 4.78 is 5.93. The van der Waals surface area contributed by atoms with Gasteiger partial charge in [0.15, 0.2) is 0 Å². The van der Waals surface area contributed by atoms with E-state index in [4.69, 9.17) is 21.3 Å². The van der Waals surface area contributed by atoms with Gasteiger partial charge in [0.25, 0.3) is 0 Å². The Labute approximate surface area is 163 Å². The molecule has 3 nitrogen and oxygen atoms in total. The first-order chi connectivity index (χ1) is 13.3. The molecule has 0 aliphatic rings. The highest BCUT2D eigenvalue weighted by Gasteiger charge is 2.08. The van der Waals surface area contributed by atoms with Gasteiger partial charge >= 0.3 is 0 Å². The van der Waals surface area contributed by atoms with E-state index in [0.717, 1.165) is 40.8 Å². The molecule has 0 spiro atoms.